The van der Waals surface area contributed by atoms with Crippen LogP contribution in [-0.4, -0.2) is 47.0 Å². The van der Waals surface area contributed by atoms with Crippen LogP contribution < -0.4 is 10.5 Å². The molecule has 170 valence electrons. The smallest absolute Gasteiger partial charge is 0.260 e. The number of nitrogens with one attached hydrogen (secondary N) is 1. The van der Waals surface area contributed by atoms with Crippen LogP contribution in [0.15, 0.2) is 83.7 Å². The van der Waals surface area contributed by atoms with Gasteiger partial charge in [0.05, 0.1) is 10.9 Å². The van der Waals surface area contributed by atoms with Crippen molar-refractivity contribution in [3.63, 3.8) is 0 Å². The molecule has 1 N–H and O–H groups in total. The number of nitrogens with zero attached hydrogens (tertiary/aromatic N) is 3. The second-order valence-corrected chi connectivity index (χ2v) is 9.17. The fourth-order valence-electron chi connectivity index (χ4n) is 5.03. The molecule has 6 rings (SSSR count). The summed E-state index contributed by atoms with van der Waals surface area (Å²) in [6.07, 6.45) is 1.17. The van der Waals surface area contributed by atoms with Crippen molar-refractivity contribution in [3.8, 4) is 0 Å². The highest BCUT2D eigenvalue weighted by Crippen LogP contribution is 2.54. The number of fused-ring (bicyclic) bond motifs is 1. The van der Waals surface area contributed by atoms with E-state index in [4.69, 9.17) is 0 Å². The predicted molar refractivity (Wildman–Crippen MR) is 133 cm³/mol. The third kappa shape index (κ3) is 3.85. The first-order valence-corrected chi connectivity index (χ1v) is 11.9. The summed E-state index contributed by atoms with van der Waals surface area (Å²) in [5.74, 6) is 1.76. The third-order valence-corrected chi connectivity index (χ3v) is 7.07. The summed E-state index contributed by atoms with van der Waals surface area (Å²) in [6, 6.07) is 26.1. The van der Waals surface area contributed by atoms with Gasteiger partial charge in [-0.2, -0.15) is 0 Å². The highest BCUT2D eigenvalue weighted by atomic mass is 16.2. The van der Waals surface area contributed by atoms with Crippen LogP contribution in [0.2, 0.25) is 0 Å². The molecule has 6 heteroatoms. The minimum atomic E-state index is -0.135. The molecule has 1 amide bonds. The average molecular weight is 451 g/mol. The van der Waals surface area contributed by atoms with Gasteiger partial charge in [0, 0.05) is 31.7 Å². The summed E-state index contributed by atoms with van der Waals surface area (Å²) >= 11 is 0. The van der Waals surface area contributed by atoms with E-state index >= 15 is 0 Å². The topological polar surface area (TPSA) is 69.3 Å². The first kappa shape index (κ1) is 20.7. The lowest BCUT2D eigenvalue weighted by Crippen LogP contribution is -2.49. The molecular weight excluding hydrogens is 424 g/mol. The van der Waals surface area contributed by atoms with Crippen LogP contribution in [0.25, 0.3) is 10.9 Å². The van der Waals surface area contributed by atoms with Crippen LogP contribution in [-0.2, 0) is 0 Å². The minimum Gasteiger partial charge on any atom is -0.339 e. The van der Waals surface area contributed by atoms with Gasteiger partial charge >= 0.3 is 0 Å². The average Bonchev–Trinajstić information content (AvgIpc) is 3.70. The second-order valence-electron chi connectivity index (χ2n) is 9.17. The van der Waals surface area contributed by atoms with Crippen LogP contribution in [0.3, 0.4) is 0 Å². The Kier molecular flexibility index (Phi) is 5.13. The van der Waals surface area contributed by atoms with E-state index in [1.807, 2.05) is 40.1 Å². The molecular formula is C28H26N4O2. The molecule has 2 aliphatic rings. The number of para-hydroxylation sites is 1. The van der Waals surface area contributed by atoms with E-state index in [0.717, 1.165) is 5.56 Å². The van der Waals surface area contributed by atoms with E-state index < -0.39 is 0 Å². The number of rotatable bonds is 4. The van der Waals surface area contributed by atoms with Gasteiger partial charge in [0.2, 0.25) is 5.95 Å². The summed E-state index contributed by atoms with van der Waals surface area (Å²) in [4.78, 5) is 36.9. The van der Waals surface area contributed by atoms with Gasteiger partial charge in [-0.15, -0.1) is 0 Å². The molecule has 1 saturated heterocycles. The van der Waals surface area contributed by atoms with Crippen LogP contribution in [0.5, 0.6) is 0 Å². The monoisotopic (exact) mass is 450 g/mol. The molecule has 3 aromatic carbocycles. The van der Waals surface area contributed by atoms with Crippen molar-refractivity contribution in [3.05, 3.63) is 106 Å². The van der Waals surface area contributed by atoms with E-state index in [2.05, 4.69) is 52.4 Å². The van der Waals surface area contributed by atoms with Crippen LogP contribution in [0, 0.1) is 0 Å². The zero-order valence-electron chi connectivity index (χ0n) is 18.9. The number of amides is 1. The number of carbonyl (C=O) groups excluding carboxylic acids is 1. The molecule has 1 saturated carbocycles. The van der Waals surface area contributed by atoms with Crippen molar-refractivity contribution >= 4 is 22.8 Å². The van der Waals surface area contributed by atoms with Gasteiger partial charge in [-0.3, -0.25) is 14.6 Å². The number of carbonyl (C=O) groups is 1. The Morgan fingerprint density at radius 3 is 2.18 bits per heavy atom. The van der Waals surface area contributed by atoms with Crippen molar-refractivity contribution in [2.24, 2.45) is 0 Å². The molecule has 2 fully saturated rings. The fraction of sp³-hybridized carbons (Fsp3) is 0.250. The molecule has 1 aromatic heterocycles. The molecule has 0 radical (unpaired) electrons. The van der Waals surface area contributed by atoms with E-state index in [1.54, 1.807) is 6.07 Å². The molecule has 6 nitrogen and oxygen atoms in total. The molecule has 0 unspecified atom stereocenters. The highest BCUT2D eigenvalue weighted by Gasteiger charge is 2.39. The Morgan fingerprint density at radius 1 is 0.794 bits per heavy atom. The van der Waals surface area contributed by atoms with Gasteiger partial charge < -0.3 is 9.80 Å². The van der Waals surface area contributed by atoms with Crippen molar-refractivity contribution in [2.45, 2.75) is 18.3 Å². The molecule has 0 spiro atoms. The van der Waals surface area contributed by atoms with Gasteiger partial charge in [-0.25, -0.2) is 4.98 Å². The summed E-state index contributed by atoms with van der Waals surface area (Å²) in [5.41, 5.74) is 3.98. The molecule has 4 aromatic rings. The first-order valence-electron chi connectivity index (χ1n) is 11.9. The summed E-state index contributed by atoms with van der Waals surface area (Å²) < 4.78 is 0. The second kappa shape index (κ2) is 8.45. The van der Waals surface area contributed by atoms with Crippen molar-refractivity contribution in [1.29, 1.82) is 0 Å². The van der Waals surface area contributed by atoms with Crippen molar-refractivity contribution < 1.29 is 4.79 Å². The van der Waals surface area contributed by atoms with Crippen molar-refractivity contribution in [2.75, 3.05) is 31.1 Å². The number of aromatic nitrogens is 2. The largest absolute Gasteiger partial charge is 0.339 e. The van der Waals surface area contributed by atoms with E-state index in [1.165, 1.54) is 17.5 Å². The fourth-order valence-corrected chi connectivity index (χ4v) is 5.03. The number of anilines is 1. The van der Waals surface area contributed by atoms with Crippen molar-refractivity contribution in [1.82, 2.24) is 14.9 Å². The maximum Gasteiger partial charge on any atom is 0.260 e. The summed E-state index contributed by atoms with van der Waals surface area (Å²) in [5, 5.41) is 0.588. The zero-order chi connectivity index (χ0) is 23.1. The van der Waals surface area contributed by atoms with Crippen LogP contribution in [0.4, 0.5) is 5.95 Å². The lowest BCUT2D eigenvalue weighted by atomic mass is 10.0. The number of H-pyrrole nitrogens is 1. The molecule has 34 heavy (non-hydrogen) atoms. The zero-order valence-corrected chi connectivity index (χ0v) is 18.9. The molecule has 2 atom stereocenters. The highest BCUT2D eigenvalue weighted by molar-refractivity contribution is 5.94. The molecule has 2 heterocycles. The number of benzene rings is 3. The van der Waals surface area contributed by atoms with Crippen LogP contribution in [0.1, 0.15) is 39.7 Å². The summed E-state index contributed by atoms with van der Waals surface area (Å²) in [6.45, 7) is 2.45. The van der Waals surface area contributed by atoms with E-state index in [-0.39, 0.29) is 11.5 Å². The predicted octanol–water partition coefficient (Wildman–Crippen LogP) is 4.16. The van der Waals surface area contributed by atoms with Gasteiger partial charge in [-0.05, 0) is 53.6 Å². The van der Waals surface area contributed by atoms with E-state index in [0.29, 0.717) is 54.9 Å². The number of hydrogen-bond donors (Lipinski definition) is 1. The van der Waals surface area contributed by atoms with Gasteiger partial charge in [0.15, 0.2) is 0 Å². The van der Waals surface area contributed by atoms with Gasteiger partial charge in [-0.1, -0.05) is 54.6 Å². The molecule has 1 aliphatic carbocycles. The standard InChI is InChI=1S/C28H26N4O2/c33-26-22-8-4-5-9-25(22)29-28(30-26)32-16-14-31(15-17-32)27(34)21-12-10-20(11-13-21)24-18-23(24)19-6-2-1-3-7-19/h1-13,23-24H,14-18H2,(H,29,30,33)/t23-,24-/m1/s1. The first-order chi connectivity index (χ1) is 16.7. The Morgan fingerprint density at radius 2 is 1.44 bits per heavy atom. The number of piperazine rings is 1. The SMILES string of the molecule is O=C(c1ccc([C@H]2C[C@@H]2c2ccccc2)cc1)N1CCN(c2nc3ccccc3c(=O)[nH]2)CC1. The molecule has 0 bridgehead atoms. The Labute approximate surface area is 197 Å². The molecule has 1 aliphatic heterocycles. The lowest BCUT2D eigenvalue weighted by Gasteiger charge is -2.35. The Hall–Kier alpha value is -3.93. The third-order valence-electron chi connectivity index (χ3n) is 7.07. The normalized spacial score (nSPS) is 19.9. The maximum absolute atomic E-state index is 13.1. The number of aromatic amines is 1. The minimum absolute atomic E-state index is 0.0570. The summed E-state index contributed by atoms with van der Waals surface area (Å²) in [7, 11) is 0. The quantitative estimate of drug-likeness (QED) is 0.507. The van der Waals surface area contributed by atoms with E-state index in [9.17, 15) is 9.59 Å². The lowest BCUT2D eigenvalue weighted by molar-refractivity contribution is 0.0746. The van der Waals surface area contributed by atoms with Crippen LogP contribution >= 0.6 is 0 Å². The van der Waals surface area contributed by atoms with Gasteiger partial charge in [0.25, 0.3) is 11.5 Å². The Bertz CT molecular complexity index is 1390. The number of hydrogen-bond acceptors (Lipinski definition) is 4. The van der Waals surface area contributed by atoms with Gasteiger partial charge in [0.1, 0.15) is 0 Å². The maximum atomic E-state index is 13.1. The Balaban J connectivity index is 1.09.